The fourth-order valence-electron chi connectivity index (χ4n) is 1.56. The van der Waals surface area contributed by atoms with Gasteiger partial charge in [0.2, 0.25) is 0 Å². The Kier molecular flexibility index (Phi) is 5.91. The van der Waals surface area contributed by atoms with Crippen molar-refractivity contribution in [2.24, 2.45) is 5.10 Å². The molecule has 0 unspecified atom stereocenters. The van der Waals surface area contributed by atoms with E-state index in [0.29, 0.717) is 17.2 Å². The lowest BCUT2D eigenvalue weighted by Gasteiger charge is -2.09. The molecule has 2 aromatic rings. The highest BCUT2D eigenvalue weighted by Crippen LogP contribution is 2.29. The number of hydrazone groups is 1. The third-order valence-electron chi connectivity index (χ3n) is 2.56. The number of halogens is 1. The lowest BCUT2D eigenvalue weighted by Crippen LogP contribution is -2.24. The zero-order valence-electron chi connectivity index (χ0n) is 11.8. The van der Waals surface area contributed by atoms with E-state index in [9.17, 15) is 4.79 Å². The fraction of sp³-hybridized carbons (Fsp3) is 0.133. The topological polar surface area (TPSA) is 72.8 Å². The molecule has 22 heavy (non-hydrogen) atoms. The van der Waals surface area contributed by atoms with E-state index in [-0.39, 0.29) is 12.5 Å². The third kappa shape index (κ3) is 4.85. The predicted molar refractivity (Wildman–Crippen MR) is 86.2 cm³/mol. The van der Waals surface area contributed by atoms with Crippen LogP contribution in [0.2, 0.25) is 0 Å². The first kappa shape index (κ1) is 16.0. The maximum atomic E-state index is 11.7. The number of nitrogens with zero attached hydrogens (tertiary/aromatic N) is 2. The summed E-state index contributed by atoms with van der Waals surface area (Å²) in [5, 5.41) is 3.80. The number of carbonyl (C=O) groups is 1. The number of rotatable bonds is 6. The summed E-state index contributed by atoms with van der Waals surface area (Å²) in [5.74, 6) is 0.644. The van der Waals surface area contributed by atoms with Gasteiger partial charge in [-0.3, -0.25) is 9.78 Å². The van der Waals surface area contributed by atoms with Gasteiger partial charge < -0.3 is 9.47 Å². The van der Waals surface area contributed by atoms with Gasteiger partial charge in [0.1, 0.15) is 0 Å². The maximum absolute atomic E-state index is 11.7. The summed E-state index contributed by atoms with van der Waals surface area (Å²) in [4.78, 5) is 15.7. The second-order valence-corrected chi connectivity index (χ2v) is 5.05. The van der Waals surface area contributed by atoms with Gasteiger partial charge in [-0.05, 0) is 30.3 Å². The molecule has 0 aliphatic heterocycles. The van der Waals surface area contributed by atoms with Crippen LogP contribution < -0.4 is 14.9 Å². The van der Waals surface area contributed by atoms with E-state index in [1.54, 1.807) is 36.5 Å². The molecular weight excluding hydrogens is 350 g/mol. The molecule has 0 aliphatic carbocycles. The molecule has 1 heterocycles. The smallest absolute Gasteiger partial charge is 0.277 e. The molecule has 0 saturated carbocycles. The number of hydrogen-bond acceptors (Lipinski definition) is 5. The fourth-order valence-corrected chi connectivity index (χ4v) is 1.90. The number of carbonyl (C=O) groups excluding carboxylic acids is 1. The highest BCUT2D eigenvalue weighted by Gasteiger charge is 2.07. The van der Waals surface area contributed by atoms with Gasteiger partial charge in [-0.1, -0.05) is 22.0 Å². The number of nitrogens with one attached hydrogen (secondary N) is 1. The van der Waals surface area contributed by atoms with Crippen LogP contribution in [0.1, 0.15) is 5.69 Å². The van der Waals surface area contributed by atoms with E-state index >= 15 is 0 Å². The first-order chi connectivity index (χ1) is 10.7. The Bertz CT molecular complexity index is 662. The number of pyridine rings is 1. The highest BCUT2D eigenvalue weighted by atomic mass is 79.9. The summed E-state index contributed by atoms with van der Waals surface area (Å²) in [6, 6.07) is 10.7. The minimum atomic E-state index is -0.378. The summed E-state index contributed by atoms with van der Waals surface area (Å²) in [5.41, 5.74) is 3.02. The molecule has 0 radical (unpaired) electrons. The first-order valence-electron chi connectivity index (χ1n) is 6.38. The Labute approximate surface area is 136 Å². The molecule has 7 heteroatoms. The minimum Gasteiger partial charge on any atom is -0.493 e. The van der Waals surface area contributed by atoms with Crippen LogP contribution in [0.3, 0.4) is 0 Å². The Morgan fingerprint density at radius 2 is 2.23 bits per heavy atom. The van der Waals surface area contributed by atoms with E-state index in [1.165, 1.54) is 13.3 Å². The van der Waals surface area contributed by atoms with Gasteiger partial charge in [-0.2, -0.15) is 5.10 Å². The summed E-state index contributed by atoms with van der Waals surface area (Å²) in [7, 11) is 1.53. The number of benzene rings is 1. The van der Waals surface area contributed by atoms with E-state index < -0.39 is 0 Å². The van der Waals surface area contributed by atoms with Gasteiger partial charge in [0.05, 0.1) is 19.0 Å². The van der Waals surface area contributed by atoms with Crippen molar-refractivity contribution in [3.8, 4) is 11.5 Å². The van der Waals surface area contributed by atoms with Gasteiger partial charge >= 0.3 is 0 Å². The number of hydrogen-bond donors (Lipinski definition) is 1. The van der Waals surface area contributed by atoms with Crippen molar-refractivity contribution in [2.45, 2.75) is 0 Å². The zero-order chi connectivity index (χ0) is 15.8. The highest BCUT2D eigenvalue weighted by molar-refractivity contribution is 9.10. The molecule has 114 valence electrons. The summed E-state index contributed by atoms with van der Waals surface area (Å²) in [6.45, 7) is -0.169. The maximum Gasteiger partial charge on any atom is 0.277 e. The largest absolute Gasteiger partial charge is 0.493 e. The molecule has 1 aromatic heterocycles. The molecule has 2 rings (SSSR count). The van der Waals surface area contributed by atoms with Crippen LogP contribution in [-0.2, 0) is 4.79 Å². The van der Waals surface area contributed by atoms with Crippen LogP contribution in [-0.4, -0.2) is 30.8 Å². The van der Waals surface area contributed by atoms with Crippen LogP contribution >= 0.6 is 15.9 Å². The van der Waals surface area contributed by atoms with Gasteiger partial charge in [0.15, 0.2) is 18.1 Å². The van der Waals surface area contributed by atoms with Gasteiger partial charge in [0.25, 0.3) is 5.91 Å². The summed E-state index contributed by atoms with van der Waals surface area (Å²) < 4.78 is 11.4. The Hall–Kier alpha value is -2.41. The quantitative estimate of drug-likeness (QED) is 0.631. The molecule has 0 atom stereocenters. The van der Waals surface area contributed by atoms with Crippen LogP contribution in [0, 0.1) is 0 Å². The second-order valence-electron chi connectivity index (χ2n) is 4.13. The lowest BCUT2D eigenvalue weighted by molar-refractivity contribution is -0.123. The molecule has 0 aliphatic rings. The van der Waals surface area contributed by atoms with Crippen LogP contribution in [0.5, 0.6) is 11.5 Å². The van der Waals surface area contributed by atoms with E-state index in [4.69, 9.17) is 9.47 Å². The van der Waals surface area contributed by atoms with Crippen molar-refractivity contribution in [3.63, 3.8) is 0 Å². The average molecular weight is 364 g/mol. The van der Waals surface area contributed by atoms with Crippen molar-refractivity contribution in [3.05, 3.63) is 52.8 Å². The summed E-state index contributed by atoms with van der Waals surface area (Å²) in [6.07, 6.45) is 3.10. The van der Waals surface area contributed by atoms with Crippen LogP contribution in [0.4, 0.5) is 0 Å². The normalized spacial score (nSPS) is 10.5. The number of methoxy groups -OCH3 is 1. The molecule has 1 amide bonds. The second kappa shape index (κ2) is 8.14. The van der Waals surface area contributed by atoms with Crippen molar-refractivity contribution in [2.75, 3.05) is 13.7 Å². The number of amides is 1. The Morgan fingerprint density at radius 1 is 1.36 bits per heavy atom. The molecular formula is C15H14BrN3O3. The van der Waals surface area contributed by atoms with Crippen LogP contribution in [0.25, 0.3) is 0 Å². The molecule has 0 fully saturated rings. The molecule has 0 bridgehead atoms. The SMILES string of the molecule is COc1cc(Br)ccc1OCC(=O)N/N=C/c1ccccn1. The van der Waals surface area contributed by atoms with E-state index in [2.05, 4.69) is 31.4 Å². The standard InChI is InChI=1S/C15H14BrN3O3/c1-21-14-8-11(16)5-6-13(14)22-10-15(20)19-18-9-12-4-2-3-7-17-12/h2-9H,10H2,1H3,(H,19,20)/b18-9+. The monoisotopic (exact) mass is 363 g/mol. The Morgan fingerprint density at radius 3 is 2.95 bits per heavy atom. The Balaban J connectivity index is 1.84. The number of ether oxygens (including phenoxy) is 2. The van der Waals surface area contributed by atoms with Crippen LogP contribution in [0.15, 0.2) is 52.2 Å². The molecule has 0 spiro atoms. The third-order valence-corrected chi connectivity index (χ3v) is 3.05. The van der Waals surface area contributed by atoms with E-state index in [0.717, 1.165) is 4.47 Å². The van der Waals surface area contributed by atoms with Crippen molar-refractivity contribution in [1.82, 2.24) is 10.4 Å². The average Bonchev–Trinajstić information content (AvgIpc) is 2.54. The molecule has 6 nitrogen and oxygen atoms in total. The predicted octanol–water partition coefficient (Wildman–Crippen LogP) is 2.38. The van der Waals surface area contributed by atoms with E-state index in [1.807, 2.05) is 6.07 Å². The molecule has 1 N–H and O–H groups in total. The zero-order valence-corrected chi connectivity index (χ0v) is 13.4. The van der Waals surface area contributed by atoms with Crippen molar-refractivity contribution >= 4 is 28.1 Å². The number of aromatic nitrogens is 1. The molecule has 1 aromatic carbocycles. The lowest BCUT2D eigenvalue weighted by atomic mass is 10.3. The van der Waals surface area contributed by atoms with Gasteiger partial charge in [0, 0.05) is 10.7 Å². The van der Waals surface area contributed by atoms with Crippen molar-refractivity contribution < 1.29 is 14.3 Å². The minimum absolute atomic E-state index is 0.169. The van der Waals surface area contributed by atoms with Crippen molar-refractivity contribution in [1.29, 1.82) is 0 Å². The van der Waals surface area contributed by atoms with Gasteiger partial charge in [-0.25, -0.2) is 5.43 Å². The molecule has 0 saturated heterocycles. The first-order valence-corrected chi connectivity index (χ1v) is 7.17. The van der Waals surface area contributed by atoms with Gasteiger partial charge in [-0.15, -0.1) is 0 Å². The summed E-state index contributed by atoms with van der Waals surface area (Å²) >= 11 is 3.33.